The maximum absolute atomic E-state index is 13.2. The highest BCUT2D eigenvalue weighted by Crippen LogP contribution is 2.47. The van der Waals surface area contributed by atoms with Crippen molar-refractivity contribution >= 4 is 22.5 Å². The van der Waals surface area contributed by atoms with Crippen molar-refractivity contribution in [2.24, 2.45) is 5.41 Å². The van der Waals surface area contributed by atoms with Crippen LogP contribution in [0.25, 0.3) is 11.3 Å². The van der Waals surface area contributed by atoms with E-state index >= 15 is 0 Å². The Morgan fingerprint density at radius 2 is 2.17 bits per heavy atom. The Morgan fingerprint density at radius 1 is 1.30 bits per heavy atom. The molecule has 0 radical (unpaired) electrons. The van der Waals surface area contributed by atoms with Gasteiger partial charge in [-0.1, -0.05) is 0 Å². The first-order valence-electron chi connectivity index (χ1n) is 9.82. The van der Waals surface area contributed by atoms with Crippen molar-refractivity contribution in [2.75, 3.05) is 32.3 Å². The molecule has 1 aliphatic carbocycles. The highest BCUT2D eigenvalue weighted by molar-refractivity contribution is 7.10. The monoisotopic (exact) mass is 432 g/mol. The zero-order valence-corrected chi connectivity index (χ0v) is 17.9. The van der Waals surface area contributed by atoms with E-state index in [1.165, 1.54) is 11.5 Å². The molecule has 0 amide bonds. The highest BCUT2D eigenvalue weighted by atomic mass is 32.1. The quantitative estimate of drug-likeness (QED) is 0.462. The van der Waals surface area contributed by atoms with Crippen LogP contribution in [0.15, 0.2) is 24.7 Å². The minimum Gasteiger partial charge on any atom is -0.382 e. The summed E-state index contributed by atoms with van der Waals surface area (Å²) in [6.45, 7) is 3.79. The lowest BCUT2D eigenvalue weighted by Gasteiger charge is -2.09. The topological polar surface area (TPSA) is 87.0 Å². The van der Waals surface area contributed by atoms with Gasteiger partial charge in [0.2, 0.25) is 5.95 Å². The molecule has 3 heterocycles. The van der Waals surface area contributed by atoms with Crippen molar-refractivity contribution in [2.45, 2.75) is 32.9 Å². The van der Waals surface area contributed by atoms with Gasteiger partial charge in [-0.2, -0.15) is 9.47 Å². The molecule has 4 rings (SSSR count). The summed E-state index contributed by atoms with van der Waals surface area (Å²) in [7, 11) is 1.64. The first kappa shape index (κ1) is 20.8. The van der Waals surface area contributed by atoms with Crippen LogP contribution < -0.4 is 5.32 Å². The Hall–Kier alpha value is -2.43. The number of hydrogen-bond acceptors (Lipinski definition) is 8. The summed E-state index contributed by atoms with van der Waals surface area (Å²) in [6.07, 6.45) is 7.33. The molecule has 0 unspecified atom stereocenters. The SMILES string of the molecule is COCCOCc1cc(Nc2ncc(C)c(-c3cnn(CC4(CF)CC4)c3)n2)sn1. The van der Waals surface area contributed by atoms with Crippen LogP contribution in [-0.4, -0.2) is 51.1 Å². The standard InChI is InChI=1S/C20H25FN6O2S/c1-14-8-22-19(24-17-7-16(26-30-17)11-29-6-5-28-2)25-18(14)15-9-23-27(10-15)13-20(12-21)3-4-20/h7-10H,3-6,11-13H2,1-2H3,(H,22,24,25). The lowest BCUT2D eigenvalue weighted by molar-refractivity contribution is 0.0605. The van der Waals surface area contributed by atoms with Crippen molar-refractivity contribution < 1.29 is 13.9 Å². The summed E-state index contributed by atoms with van der Waals surface area (Å²) in [5.41, 5.74) is 3.27. The van der Waals surface area contributed by atoms with Crippen LogP contribution in [0.1, 0.15) is 24.1 Å². The molecule has 8 nitrogen and oxygen atoms in total. The summed E-state index contributed by atoms with van der Waals surface area (Å²) in [4.78, 5) is 9.04. The van der Waals surface area contributed by atoms with Gasteiger partial charge in [0, 0.05) is 37.0 Å². The molecule has 1 saturated carbocycles. The molecule has 0 aromatic carbocycles. The number of hydrogen-bond donors (Lipinski definition) is 1. The van der Waals surface area contributed by atoms with Crippen LogP contribution in [0.3, 0.4) is 0 Å². The third kappa shape index (κ3) is 5.00. The molecule has 0 bridgehead atoms. The Kier molecular flexibility index (Phi) is 6.35. The third-order valence-corrected chi connectivity index (χ3v) is 5.83. The van der Waals surface area contributed by atoms with Crippen molar-refractivity contribution in [3.63, 3.8) is 0 Å². The Morgan fingerprint density at radius 3 is 2.93 bits per heavy atom. The number of ether oxygens (including phenoxy) is 2. The number of alkyl halides is 1. The molecule has 0 atom stereocenters. The predicted molar refractivity (Wildman–Crippen MR) is 113 cm³/mol. The molecule has 30 heavy (non-hydrogen) atoms. The van der Waals surface area contributed by atoms with Gasteiger partial charge < -0.3 is 14.8 Å². The molecule has 1 fully saturated rings. The van der Waals surface area contributed by atoms with E-state index < -0.39 is 0 Å². The number of methoxy groups -OCH3 is 1. The number of anilines is 2. The van der Waals surface area contributed by atoms with Gasteiger partial charge in [-0.15, -0.1) is 0 Å². The van der Waals surface area contributed by atoms with E-state index in [-0.39, 0.29) is 12.1 Å². The van der Waals surface area contributed by atoms with E-state index in [1.807, 2.05) is 23.9 Å². The largest absolute Gasteiger partial charge is 0.382 e. The minimum atomic E-state index is -0.295. The zero-order valence-electron chi connectivity index (χ0n) is 17.1. The van der Waals surface area contributed by atoms with E-state index in [4.69, 9.17) is 9.47 Å². The highest BCUT2D eigenvalue weighted by Gasteiger charge is 2.43. The maximum atomic E-state index is 13.2. The summed E-state index contributed by atoms with van der Waals surface area (Å²) in [5, 5.41) is 8.45. The number of rotatable bonds is 11. The Balaban J connectivity index is 1.42. The maximum Gasteiger partial charge on any atom is 0.228 e. The number of nitrogens with zero attached hydrogens (tertiary/aromatic N) is 5. The Labute approximate surface area is 178 Å². The molecule has 3 aromatic heterocycles. The van der Waals surface area contributed by atoms with E-state index in [2.05, 4.69) is 24.8 Å². The minimum absolute atomic E-state index is 0.214. The van der Waals surface area contributed by atoms with Crippen molar-refractivity contribution in [1.82, 2.24) is 24.1 Å². The van der Waals surface area contributed by atoms with Crippen molar-refractivity contribution in [3.8, 4) is 11.3 Å². The molecule has 1 N–H and O–H groups in total. The molecular weight excluding hydrogens is 407 g/mol. The smallest absolute Gasteiger partial charge is 0.228 e. The fraction of sp³-hybridized carbons (Fsp3) is 0.500. The van der Waals surface area contributed by atoms with Gasteiger partial charge in [0.25, 0.3) is 0 Å². The lowest BCUT2D eigenvalue weighted by Crippen LogP contribution is -2.13. The summed E-state index contributed by atoms with van der Waals surface area (Å²) < 4.78 is 29.8. The second kappa shape index (κ2) is 9.15. The molecule has 0 aliphatic heterocycles. The molecule has 0 spiro atoms. The molecule has 160 valence electrons. The van der Waals surface area contributed by atoms with Gasteiger partial charge in [0.15, 0.2) is 0 Å². The molecule has 1 aliphatic rings. The second-order valence-corrected chi connectivity index (χ2v) is 8.44. The number of aromatic nitrogens is 5. The number of aryl methyl sites for hydroxylation is 1. The van der Waals surface area contributed by atoms with Crippen LogP contribution in [-0.2, 0) is 22.6 Å². The first-order valence-corrected chi connectivity index (χ1v) is 10.6. The van der Waals surface area contributed by atoms with Gasteiger partial charge >= 0.3 is 0 Å². The fourth-order valence-corrected chi connectivity index (χ4v) is 3.74. The van der Waals surface area contributed by atoms with Crippen molar-refractivity contribution in [1.29, 1.82) is 0 Å². The van der Waals surface area contributed by atoms with Crippen molar-refractivity contribution in [3.05, 3.63) is 35.9 Å². The van der Waals surface area contributed by atoms with Crippen LogP contribution in [0.2, 0.25) is 0 Å². The third-order valence-electron chi connectivity index (χ3n) is 5.09. The van der Waals surface area contributed by atoms with Gasteiger partial charge in [-0.05, 0) is 42.9 Å². The van der Waals surface area contributed by atoms with Gasteiger partial charge in [-0.3, -0.25) is 9.07 Å². The summed E-state index contributed by atoms with van der Waals surface area (Å²) >= 11 is 1.33. The van der Waals surface area contributed by atoms with E-state index in [0.717, 1.165) is 40.4 Å². The molecule has 10 heteroatoms. The van der Waals surface area contributed by atoms with E-state index in [1.54, 1.807) is 19.5 Å². The molecular formula is C20H25FN6O2S. The van der Waals surface area contributed by atoms with Crippen LogP contribution in [0, 0.1) is 12.3 Å². The van der Waals surface area contributed by atoms with E-state index in [0.29, 0.717) is 32.3 Å². The van der Waals surface area contributed by atoms with Gasteiger partial charge in [0.1, 0.15) is 5.00 Å². The average molecular weight is 433 g/mol. The zero-order chi connectivity index (χ0) is 21.0. The van der Waals surface area contributed by atoms with Crippen LogP contribution >= 0.6 is 11.5 Å². The normalized spacial score (nSPS) is 14.8. The number of halogens is 1. The molecule has 0 saturated heterocycles. The van der Waals surface area contributed by atoms with Gasteiger partial charge in [0.05, 0.1) is 44.1 Å². The number of nitrogens with one attached hydrogen (secondary N) is 1. The summed E-state index contributed by atoms with van der Waals surface area (Å²) in [6, 6.07) is 1.92. The van der Waals surface area contributed by atoms with Crippen LogP contribution in [0.5, 0.6) is 0 Å². The van der Waals surface area contributed by atoms with E-state index in [9.17, 15) is 4.39 Å². The second-order valence-electron chi connectivity index (χ2n) is 7.64. The Bertz CT molecular complexity index is 987. The average Bonchev–Trinajstić information content (AvgIpc) is 3.14. The van der Waals surface area contributed by atoms with Crippen LogP contribution in [0.4, 0.5) is 15.3 Å². The van der Waals surface area contributed by atoms with Gasteiger partial charge in [-0.25, -0.2) is 9.97 Å². The predicted octanol–water partition coefficient (Wildman–Crippen LogP) is 3.76. The fourth-order valence-electron chi connectivity index (χ4n) is 3.09. The lowest BCUT2D eigenvalue weighted by atomic mass is 10.1. The first-order chi connectivity index (χ1) is 14.6. The summed E-state index contributed by atoms with van der Waals surface area (Å²) in [5.74, 6) is 0.487. The molecule has 3 aromatic rings.